The van der Waals surface area contributed by atoms with Crippen LogP contribution in [0.25, 0.3) is 0 Å². The SMILES string of the molecule is CC1CN(S(=O)(=O)c2ccc(F)cc2Cl)CCC1O. The first-order chi connectivity index (χ1) is 8.82. The summed E-state index contributed by atoms with van der Waals surface area (Å²) in [5.74, 6) is -0.714. The Balaban J connectivity index is 2.32. The Morgan fingerprint density at radius 3 is 2.74 bits per heavy atom. The third kappa shape index (κ3) is 2.91. The number of rotatable bonds is 2. The zero-order valence-corrected chi connectivity index (χ0v) is 12.0. The Hall–Kier alpha value is -0.690. The number of halogens is 2. The molecule has 0 aromatic heterocycles. The van der Waals surface area contributed by atoms with Crippen molar-refractivity contribution < 1.29 is 17.9 Å². The summed E-state index contributed by atoms with van der Waals surface area (Å²) in [4.78, 5) is -0.0980. The minimum absolute atomic E-state index is 0.0980. The molecular formula is C12H15ClFNO3S. The highest BCUT2D eigenvalue weighted by Gasteiger charge is 2.33. The van der Waals surface area contributed by atoms with Crippen molar-refractivity contribution >= 4 is 21.6 Å². The van der Waals surface area contributed by atoms with E-state index in [1.54, 1.807) is 6.92 Å². The van der Waals surface area contributed by atoms with Gasteiger partial charge in [0.15, 0.2) is 0 Å². The van der Waals surface area contributed by atoms with Crippen LogP contribution >= 0.6 is 11.6 Å². The summed E-state index contributed by atoms with van der Waals surface area (Å²) in [5, 5.41) is 9.50. The fourth-order valence-corrected chi connectivity index (χ4v) is 4.20. The van der Waals surface area contributed by atoms with Crippen molar-refractivity contribution in [3.63, 3.8) is 0 Å². The molecule has 1 aromatic carbocycles. The molecule has 1 saturated heterocycles. The maximum atomic E-state index is 13.0. The van der Waals surface area contributed by atoms with Crippen LogP contribution in [0.2, 0.25) is 5.02 Å². The third-order valence-corrected chi connectivity index (χ3v) is 5.68. The van der Waals surface area contributed by atoms with Gasteiger partial charge in [0, 0.05) is 13.1 Å². The van der Waals surface area contributed by atoms with Crippen LogP contribution in [0.15, 0.2) is 23.1 Å². The molecule has 1 heterocycles. The van der Waals surface area contributed by atoms with E-state index < -0.39 is 21.9 Å². The summed E-state index contributed by atoms with van der Waals surface area (Å²) < 4.78 is 39.1. The second-order valence-electron chi connectivity index (χ2n) is 4.77. The van der Waals surface area contributed by atoms with Crippen LogP contribution < -0.4 is 0 Å². The molecule has 0 spiro atoms. The van der Waals surface area contributed by atoms with Gasteiger partial charge in [0.2, 0.25) is 10.0 Å². The average Bonchev–Trinajstić information content (AvgIpc) is 2.32. The van der Waals surface area contributed by atoms with Gasteiger partial charge in [-0.1, -0.05) is 18.5 Å². The summed E-state index contributed by atoms with van der Waals surface area (Å²) in [6.45, 7) is 2.26. The highest BCUT2D eigenvalue weighted by molar-refractivity contribution is 7.89. The summed E-state index contributed by atoms with van der Waals surface area (Å²) >= 11 is 5.80. The van der Waals surface area contributed by atoms with Gasteiger partial charge >= 0.3 is 0 Å². The number of hydrogen-bond donors (Lipinski definition) is 1. The van der Waals surface area contributed by atoms with Crippen LogP contribution in [0.1, 0.15) is 13.3 Å². The fraction of sp³-hybridized carbons (Fsp3) is 0.500. The predicted molar refractivity (Wildman–Crippen MR) is 70.0 cm³/mol. The van der Waals surface area contributed by atoms with Crippen molar-refractivity contribution in [3.05, 3.63) is 29.0 Å². The van der Waals surface area contributed by atoms with Gasteiger partial charge in [-0.05, 0) is 30.5 Å². The van der Waals surface area contributed by atoms with Crippen molar-refractivity contribution in [2.24, 2.45) is 5.92 Å². The molecule has 2 rings (SSSR count). The molecule has 0 amide bonds. The van der Waals surface area contributed by atoms with E-state index in [0.717, 1.165) is 12.1 Å². The van der Waals surface area contributed by atoms with E-state index in [-0.39, 0.29) is 28.9 Å². The van der Waals surface area contributed by atoms with Gasteiger partial charge < -0.3 is 5.11 Å². The maximum absolute atomic E-state index is 13.0. The van der Waals surface area contributed by atoms with Crippen LogP contribution in [0.3, 0.4) is 0 Å². The number of hydrogen-bond acceptors (Lipinski definition) is 3. The largest absolute Gasteiger partial charge is 0.393 e. The van der Waals surface area contributed by atoms with E-state index in [1.165, 1.54) is 10.4 Å². The van der Waals surface area contributed by atoms with Crippen molar-refractivity contribution in [1.29, 1.82) is 0 Å². The molecule has 1 aromatic rings. The highest BCUT2D eigenvalue weighted by atomic mass is 35.5. The van der Waals surface area contributed by atoms with Crippen LogP contribution in [0.5, 0.6) is 0 Å². The lowest BCUT2D eigenvalue weighted by Crippen LogP contribution is -2.44. The topological polar surface area (TPSA) is 57.6 Å². The molecule has 0 aliphatic carbocycles. The molecule has 4 nitrogen and oxygen atoms in total. The Morgan fingerprint density at radius 1 is 1.47 bits per heavy atom. The van der Waals surface area contributed by atoms with Crippen molar-refractivity contribution in [2.75, 3.05) is 13.1 Å². The van der Waals surface area contributed by atoms with Crippen LogP contribution in [0, 0.1) is 11.7 Å². The minimum atomic E-state index is -3.74. The molecule has 2 unspecified atom stereocenters. The highest BCUT2D eigenvalue weighted by Crippen LogP contribution is 2.28. The Labute approximate surface area is 116 Å². The lowest BCUT2D eigenvalue weighted by atomic mass is 9.99. The summed E-state index contributed by atoms with van der Waals surface area (Å²) in [6, 6.07) is 3.22. The minimum Gasteiger partial charge on any atom is -0.393 e. The number of sulfonamides is 1. The summed E-state index contributed by atoms with van der Waals surface area (Å²) in [7, 11) is -3.74. The smallest absolute Gasteiger partial charge is 0.244 e. The Kier molecular flexibility index (Phi) is 4.15. The first-order valence-corrected chi connectivity index (χ1v) is 7.77. The third-order valence-electron chi connectivity index (χ3n) is 3.33. The zero-order valence-electron chi connectivity index (χ0n) is 10.4. The number of benzene rings is 1. The molecule has 0 radical (unpaired) electrons. The molecule has 0 bridgehead atoms. The van der Waals surface area contributed by atoms with Crippen LogP contribution in [0.4, 0.5) is 4.39 Å². The standard InChI is InChI=1S/C12H15ClFNO3S/c1-8-7-15(5-4-11(8)16)19(17,18)12-3-2-9(14)6-10(12)13/h2-3,6,8,11,16H,4-5,7H2,1H3. The fourth-order valence-electron chi connectivity index (χ4n) is 2.14. The number of piperidine rings is 1. The van der Waals surface area contributed by atoms with Gasteiger partial charge in [0.25, 0.3) is 0 Å². The van der Waals surface area contributed by atoms with Gasteiger partial charge in [-0.25, -0.2) is 12.8 Å². The van der Waals surface area contributed by atoms with E-state index in [1.807, 2.05) is 0 Å². The summed E-state index contributed by atoms with van der Waals surface area (Å²) in [5.41, 5.74) is 0. The number of aliphatic hydroxyl groups excluding tert-OH is 1. The molecule has 1 aliphatic heterocycles. The lowest BCUT2D eigenvalue weighted by Gasteiger charge is -2.33. The first-order valence-electron chi connectivity index (χ1n) is 5.95. The van der Waals surface area contributed by atoms with E-state index in [2.05, 4.69) is 0 Å². The van der Waals surface area contributed by atoms with E-state index >= 15 is 0 Å². The van der Waals surface area contributed by atoms with Crippen LogP contribution in [-0.2, 0) is 10.0 Å². The van der Waals surface area contributed by atoms with Gasteiger partial charge in [-0.3, -0.25) is 0 Å². The molecule has 2 atom stereocenters. The van der Waals surface area contributed by atoms with Gasteiger partial charge in [0.05, 0.1) is 11.1 Å². The van der Waals surface area contributed by atoms with E-state index in [9.17, 15) is 17.9 Å². The van der Waals surface area contributed by atoms with Crippen molar-refractivity contribution in [3.8, 4) is 0 Å². The normalized spacial score (nSPS) is 25.5. The van der Waals surface area contributed by atoms with Gasteiger partial charge in [-0.2, -0.15) is 4.31 Å². The zero-order chi connectivity index (χ0) is 14.2. The average molecular weight is 308 g/mol. The molecule has 1 N–H and O–H groups in total. The van der Waals surface area contributed by atoms with Gasteiger partial charge in [-0.15, -0.1) is 0 Å². The Morgan fingerprint density at radius 2 is 2.16 bits per heavy atom. The second kappa shape index (κ2) is 5.36. The lowest BCUT2D eigenvalue weighted by molar-refractivity contribution is 0.0628. The Bertz CT molecular complexity index is 578. The maximum Gasteiger partial charge on any atom is 0.244 e. The van der Waals surface area contributed by atoms with E-state index in [0.29, 0.717) is 6.42 Å². The molecule has 7 heteroatoms. The molecule has 106 valence electrons. The molecule has 1 aliphatic rings. The van der Waals surface area contributed by atoms with Crippen molar-refractivity contribution in [1.82, 2.24) is 4.31 Å². The van der Waals surface area contributed by atoms with Crippen molar-refractivity contribution in [2.45, 2.75) is 24.3 Å². The number of nitrogens with zero attached hydrogens (tertiary/aromatic N) is 1. The molecular weight excluding hydrogens is 293 g/mol. The van der Waals surface area contributed by atoms with E-state index in [4.69, 9.17) is 11.6 Å². The number of aliphatic hydroxyl groups is 1. The molecule has 0 saturated carbocycles. The predicted octanol–water partition coefficient (Wildman–Crippen LogP) is 1.87. The molecule has 19 heavy (non-hydrogen) atoms. The quantitative estimate of drug-likeness (QED) is 0.907. The first kappa shape index (κ1) is 14.7. The monoisotopic (exact) mass is 307 g/mol. The molecule has 1 fully saturated rings. The van der Waals surface area contributed by atoms with Gasteiger partial charge in [0.1, 0.15) is 10.7 Å². The van der Waals surface area contributed by atoms with Crippen LogP contribution in [-0.4, -0.2) is 37.0 Å². The summed E-state index contributed by atoms with van der Waals surface area (Å²) in [6.07, 6.45) is -0.103. The second-order valence-corrected chi connectivity index (χ2v) is 7.08.